The number of hydrogen-bond donors (Lipinski definition) is 1. The summed E-state index contributed by atoms with van der Waals surface area (Å²) in [5.41, 5.74) is 3.37. The Morgan fingerprint density at radius 3 is 2.68 bits per heavy atom. The lowest BCUT2D eigenvalue weighted by molar-refractivity contribution is -0.384. The molecule has 8 heteroatoms. The van der Waals surface area contributed by atoms with Crippen LogP contribution in [0.15, 0.2) is 59.0 Å². The van der Waals surface area contributed by atoms with Crippen molar-refractivity contribution in [1.82, 2.24) is 4.98 Å². The molecule has 0 aliphatic heterocycles. The zero-order chi connectivity index (χ0) is 27.2. The van der Waals surface area contributed by atoms with Gasteiger partial charge in [0.1, 0.15) is 11.5 Å². The number of halogens is 1. The smallest absolute Gasteiger partial charge is 0.336 e. The molecule has 1 aliphatic carbocycles. The molecule has 2 heterocycles. The SMILES string of the molecule is CCC(C)(C)C1CC(=Cc2ccc(-c3ccc(Cl)cc3[N+](=O)[O-])o2)c2nc3ccccc3c(C(=O)O)c2C1. The maximum absolute atomic E-state index is 12.5. The van der Waals surface area contributed by atoms with Gasteiger partial charge in [0.25, 0.3) is 5.69 Å². The van der Waals surface area contributed by atoms with Crippen LogP contribution in [-0.4, -0.2) is 21.0 Å². The van der Waals surface area contributed by atoms with Crippen LogP contribution in [0.5, 0.6) is 0 Å². The number of carboxylic acids is 1. The monoisotopic (exact) mass is 530 g/mol. The van der Waals surface area contributed by atoms with Gasteiger partial charge in [-0.1, -0.05) is 57.0 Å². The van der Waals surface area contributed by atoms with Crippen molar-refractivity contribution in [2.24, 2.45) is 11.3 Å². The molecule has 2 aromatic heterocycles. The van der Waals surface area contributed by atoms with Gasteiger partial charge in [-0.3, -0.25) is 10.1 Å². The predicted octanol–water partition coefficient (Wildman–Crippen LogP) is 8.29. The lowest BCUT2D eigenvalue weighted by Crippen LogP contribution is -2.30. The van der Waals surface area contributed by atoms with Crippen molar-refractivity contribution < 1.29 is 19.2 Å². The minimum Gasteiger partial charge on any atom is -0.478 e. The lowest BCUT2D eigenvalue weighted by Gasteiger charge is -2.38. The highest BCUT2D eigenvalue weighted by Gasteiger charge is 2.36. The molecular formula is C30H27ClN2O5. The molecule has 194 valence electrons. The highest BCUT2D eigenvalue weighted by molar-refractivity contribution is 6.30. The number of fused-ring (bicyclic) bond motifs is 2. The van der Waals surface area contributed by atoms with E-state index in [2.05, 4.69) is 20.8 Å². The second-order valence-corrected chi connectivity index (χ2v) is 10.8. The molecule has 5 rings (SSSR count). The van der Waals surface area contributed by atoms with Crippen LogP contribution in [0.1, 0.15) is 61.0 Å². The molecule has 0 bridgehead atoms. The number of aromatic nitrogens is 1. The number of para-hydroxylation sites is 1. The number of carbonyl (C=O) groups is 1. The van der Waals surface area contributed by atoms with Crippen molar-refractivity contribution in [1.29, 1.82) is 0 Å². The summed E-state index contributed by atoms with van der Waals surface area (Å²) in [5, 5.41) is 22.7. The molecule has 0 fully saturated rings. The van der Waals surface area contributed by atoms with Crippen molar-refractivity contribution in [3.63, 3.8) is 0 Å². The number of pyridine rings is 1. The molecule has 0 spiro atoms. The van der Waals surface area contributed by atoms with Crippen LogP contribution in [0.3, 0.4) is 0 Å². The minimum atomic E-state index is -0.968. The first kappa shape index (κ1) is 25.7. The quantitative estimate of drug-likeness (QED) is 0.198. The molecule has 38 heavy (non-hydrogen) atoms. The maximum atomic E-state index is 12.5. The van der Waals surface area contributed by atoms with Gasteiger partial charge in [-0.25, -0.2) is 9.78 Å². The summed E-state index contributed by atoms with van der Waals surface area (Å²) in [6, 6.07) is 15.2. The van der Waals surface area contributed by atoms with Crippen LogP contribution in [-0.2, 0) is 6.42 Å². The average molecular weight is 531 g/mol. The fourth-order valence-corrected chi connectivity index (χ4v) is 5.39. The van der Waals surface area contributed by atoms with Gasteiger partial charge in [0, 0.05) is 16.5 Å². The Hall–Kier alpha value is -3.97. The first-order valence-electron chi connectivity index (χ1n) is 12.5. The predicted molar refractivity (Wildman–Crippen MR) is 148 cm³/mol. The summed E-state index contributed by atoms with van der Waals surface area (Å²) >= 11 is 5.98. The van der Waals surface area contributed by atoms with E-state index in [0.29, 0.717) is 52.1 Å². The largest absolute Gasteiger partial charge is 0.478 e. The third-order valence-electron chi connectivity index (χ3n) is 7.81. The molecule has 7 nitrogen and oxygen atoms in total. The van der Waals surface area contributed by atoms with E-state index < -0.39 is 10.9 Å². The number of nitro groups is 1. The molecule has 2 aromatic carbocycles. The molecule has 1 aliphatic rings. The number of benzene rings is 2. The van der Waals surface area contributed by atoms with Crippen LogP contribution in [0.2, 0.25) is 5.02 Å². The second kappa shape index (κ2) is 9.72. The van der Waals surface area contributed by atoms with Gasteiger partial charge in [-0.2, -0.15) is 0 Å². The molecule has 1 unspecified atom stereocenters. The standard InChI is InChI=1S/C30H27ClN2O5/c1-4-30(2,3)18-13-17(28-23(15-18)27(29(34)35)21-7-5-6-8-24(21)32-28)14-20-10-12-26(38-20)22-11-9-19(31)16-25(22)33(36)37/h5-12,14,16,18H,4,13,15H2,1-3H3,(H,34,35). The number of allylic oxidation sites excluding steroid dienone is 1. The van der Waals surface area contributed by atoms with E-state index in [1.54, 1.807) is 24.3 Å². The molecule has 0 saturated carbocycles. The Morgan fingerprint density at radius 1 is 1.21 bits per heavy atom. The molecule has 1 atom stereocenters. The van der Waals surface area contributed by atoms with Crippen molar-refractivity contribution >= 4 is 45.8 Å². The van der Waals surface area contributed by atoms with Crippen molar-refractivity contribution in [2.75, 3.05) is 0 Å². The molecule has 0 radical (unpaired) electrons. The zero-order valence-electron chi connectivity index (χ0n) is 21.3. The molecule has 1 N–H and O–H groups in total. The summed E-state index contributed by atoms with van der Waals surface area (Å²) in [7, 11) is 0. The third kappa shape index (κ3) is 4.58. The Labute approximate surface area is 224 Å². The van der Waals surface area contributed by atoms with Gasteiger partial charge in [-0.15, -0.1) is 0 Å². The van der Waals surface area contributed by atoms with E-state index in [9.17, 15) is 20.0 Å². The van der Waals surface area contributed by atoms with Crippen LogP contribution >= 0.6 is 11.6 Å². The maximum Gasteiger partial charge on any atom is 0.336 e. The summed E-state index contributed by atoms with van der Waals surface area (Å²) in [6.07, 6.45) is 4.15. The normalized spacial score (nSPS) is 16.5. The Kier molecular flexibility index (Phi) is 6.57. The number of carboxylic acid groups (broad SMARTS) is 1. The van der Waals surface area contributed by atoms with E-state index in [1.807, 2.05) is 30.3 Å². The summed E-state index contributed by atoms with van der Waals surface area (Å²) < 4.78 is 6.06. The van der Waals surface area contributed by atoms with Crippen LogP contribution in [0.25, 0.3) is 33.9 Å². The fourth-order valence-electron chi connectivity index (χ4n) is 5.22. The van der Waals surface area contributed by atoms with E-state index in [-0.39, 0.29) is 22.0 Å². The van der Waals surface area contributed by atoms with Gasteiger partial charge in [0.15, 0.2) is 0 Å². The number of nitrogens with zero attached hydrogens (tertiary/aromatic N) is 2. The Balaban J connectivity index is 1.68. The first-order valence-corrected chi connectivity index (χ1v) is 12.9. The van der Waals surface area contributed by atoms with Crippen molar-refractivity contribution in [3.8, 4) is 11.3 Å². The Bertz CT molecular complexity index is 1620. The molecule has 0 amide bonds. The van der Waals surface area contributed by atoms with Gasteiger partial charge < -0.3 is 9.52 Å². The van der Waals surface area contributed by atoms with Crippen molar-refractivity contribution in [2.45, 2.75) is 40.0 Å². The third-order valence-corrected chi connectivity index (χ3v) is 8.04. The van der Waals surface area contributed by atoms with Gasteiger partial charge in [-0.05, 0) is 71.7 Å². The summed E-state index contributed by atoms with van der Waals surface area (Å²) in [4.78, 5) is 28.5. The number of furan rings is 1. The van der Waals surface area contributed by atoms with E-state index >= 15 is 0 Å². The number of nitro benzene ring substituents is 1. The van der Waals surface area contributed by atoms with Crippen LogP contribution in [0, 0.1) is 21.4 Å². The van der Waals surface area contributed by atoms with Crippen LogP contribution < -0.4 is 0 Å². The van der Waals surface area contributed by atoms with Crippen LogP contribution in [0.4, 0.5) is 5.69 Å². The highest BCUT2D eigenvalue weighted by atomic mass is 35.5. The average Bonchev–Trinajstić information content (AvgIpc) is 3.35. The summed E-state index contributed by atoms with van der Waals surface area (Å²) in [6.45, 7) is 6.56. The topological polar surface area (TPSA) is 106 Å². The first-order chi connectivity index (χ1) is 18.1. The zero-order valence-corrected chi connectivity index (χ0v) is 22.1. The van der Waals surface area contributed by atoms with E-state index in [1.165, 1.54) is 6.07 Å². The highest BCUT2D eigenvalue weighted by Crippen LogP contribution is 2.46. The number of rotatable bonds is 6. The fraction of sp³-hybridized carbons (Fsp3) is 0.267. The van der Waals surface area contributed by atoms with Gasteiger partial charge >= 0.3 is 5.97 Å². The Morgan fingerprint density at radius 2 is 1.97 bits per heavy atom. The molecule has 0 saturated heterocycles. The molecular weight excluding hydrogens is 504 g/mol. The van der Waals surface area contributed by atoms with Gasteiger partial charge in [0.2, 0.25) is 0 Å². The van der Waals surface area contributed by atoms with Gasteiger partial charge in [0.05, 0.1) is 27.3 Å². The number of hydrogen-bond acceptors (Lipinski definition) is 5. The second-order valence-electron chi connectivity index (χ2n) is 10.4. The minimum absolute atomic E-state index is 0.0313. The lowest BCUT2D eigenvalue weighted by atomic mass is 9.67. The van der Waals surface area contributed by atoms with E-state index in [0.717, 1.165) is 17.6 Å². The molecule has 4 aromatic rings. The summed E-state index contributed by atoms with van der Waals surface area (Å²) in [5.74, 6) is 0.0787. The number of aromatic carboxylic acids is 1. The van der Waals surface area contributed by atoms with Crippen molar-refractivity contribution in [3.05, 3.63) is 92.3 Å². The van der Waals surface area contributed by atoms with E-state index in [4.69, 9.17) is 21.0 Å².